The zero-order chi connectivity index (χ0) is 12.8. The molecule has 1 atom stereocenters. The van der Waals surface area contributed by atoms with Crippen LogP contribution in [-0.4, -0.2) is 17.8 Å². The number of amides is 1. The monoisotopic (exact) mass is 365 g/mol. The molecule has 0 spiro atoms. The van der Waals surface area contributed by atoms with E-state index in [9.17, 15) is 9.18 Å². The van der Waals surface area contributed by atoms with Gasteiger partial charge < -0.3 is 5.32 Å². The molecule has 94 valence electrons. The molecule has 0 aliphatic carbocycles. The van der Waals surface area contributed by atoms with E-state index in [-0.39, 0.29) is 10.4 Å². The van der Waals surface area contributed by atoms with Gasteiger partial charge in [-0.05, 0) is 40.4 Å². The van der Waals surface area contributed by atoms with Gasteiger partial charge in [-0.2, -0.15) is 0 Å². The van der Waals surface area contributed by atoms with Crippen molar-refractivity contribution < 1.29 is 9.18 Å². The summed E-state index contributed by atoms with van der Waals surface area (Å²) in [5.41, 5.74) is 0.330. The van der Waals surface area contributed by atoms with E-state index >= 15 is 0 Å². The Morgan fingerprint density at radius 2 is 2.24 bits per heavy atom. The first-order valence-electron chi connectivity index (χ1n) is 5.34. The van der Waals surface area contributed by atoms with Crippen LogP contribution in [0.15, 0.2) is 22.7 Å². The van der Waals surface area contributed by atoms with Gasteiger partial charge in [-0.15, -0.1) is 0 Å². The Morgan fingerprint density at radius 3 is 2.88 bits per heavy atom. The minimum atomic E-state index is -0.425. The molecule has 0 saturated carbocycles. The van der Waals surface area contributed by atoms with E-state index < -0.39 is 5.82 Å². The molecule has 0 saturated heterocycles. The Labute approximate surface area is 117 Å². The highest BCUT2D eigenvalue weighted by atomic mass is 79.9. The van der Waals surface area contributed by atoms with Crippen molar-refractivity contribution in [2.24, 2.45) is 5.92 Å². The Bertz CT molecular complexity index is 398. The van der Waals surface area contributed by atoms with Crippen molar-refractivity contribution >= 4 is 37.8 Å². The average Bonchev–Trinajstić information content (AvgIpc) is 2.30. The van der Waals surface area contributed by atoms with Crippen molar-refractivity contribution in [2.45, 2.75) is 13.3 Å². The van der Waals surface area contributed by atoms with Crippen LogP contribution in [0.3, 0.4) is 0 Å². The molecule has 17 heavy (non-hydrogen) atoms. The summed E-state index contributed by atoms with van der Waals surface area (Å²) in [7, 11) is 0. The Kier molecular flexibility index (Phi) is 6.12. The topological polar surface area (TPSA) is 29.1 Å². The van der Waals surface area contributed by atoms with Crippen molar-refractivity contribution in [1.82, 2.24) is 5.32 Å². The molecular formula is C12H14Br2FNO. The number of carbonyl (C=O) groups excluding carboxylic acids is 1. The number of alkyl halides is 1. The fourth-order valence-electron chi connectivity index (χ4n) is 1.33. The smallest absolute Gasteiger partial charge is 0.252 e. The van der Waals surface area contributed by atoms with Crippen molar-refractivity contribution in [3.8, 4) is 0 Å². The van der Waals surface area contributed by atoms with E-state index in [1.54, 1.807) is 6.07 Å². The number of hydrogen-bond donors (Lipinski definition) is 1. The molecule has 0 heterocycles. The summed E-state index contributed by atoms with van der Waals surface area (Å²) in [6.07, 6.45) is 0.991. The molecule has 0 aliphatic heterocycles. The number of hydrogen-bond acceptors (Lipinski definition) is 1. The van der Waals surface area contributed by atoms with Crippen LogP contribution < -0.4 is 5.32 Å². The largest absolute Gasteiger partial charge is 0.352 e. The van der Waals surface area contributed by atoms with Gasteiger partial charge >= 0.3 is 0 Å². The lowest BCUT2D eigenvalue weighted by molar-refractivity contribution is 0.0946. The molecule has 0 bridgehead atoms. The molecule has 0 radical (unpaired) electrons. The number of carbonyl (C=O) groups is 1. The molecule has 5 heteroatoms. The van der Waals surface area contributed by atoms with E-state index in [1.165, 1.54) is 12.1 Å². The van der Waals surface area contributed by atoms with Crippen LogP contribution in [0.5, 0.6) is 0 Å². The van der Waals surface area contributed by atoms with Crippen LogP contribution in [0, 0.1) is 11.7 Å². The quantitative estimate of drug-likeness (QED) is 0.790. The van der Waals surface area contributed by atoms with Crippen molar-refractivity contribution in [2.75, 3.05) is 11.9 Å². The predicted molar refractivity (Wildman–Crippen MR) is 74.0 cm³/mol. The van der Waals surface area contributed by atoms with Gasteiger partial charge in [0.25, 0.3) is 5.91 Å². The molecule has 1 amide bonds. The summed E-state index contributed by atoms with van der Waals surface area (Å²) in [5, 5.41) is 3.71. The Hall–Kier alpha value is -0.420. The summed E-state index contributed by atoms with van der Waals surface area (Å²) in [6, 6.07) is 4.43. The molecule has 2 nitrogen and oxygen atoms in total. The van der Waals surface area contributed by atoms with Gasteiger partial charge in [-0.1, -0.05) is 28.9 Å². The minimum Gasteiger partial charge on any atom is -0.352 e. The lowest BCUT2D eigenvalue weighted by Gasteiger charge is -2.12. The SMILES string of the molecule is CC(CCBr)CNC(=O)c1cccc(F)c1Br. The second kappa shape index (κ2) is 7.11. The predicted octanol–water partition coefficient (Wildman–Crippen LogP) is 3.74. The Morgan fingerprint density at radius 1 is 1.53 bits per heavy atom. The van der Waals surface area contributed by atoms with E-state index in [1.807, 2.05) is 0 Å². The normalized spacial score (nSPS) is 12.2. The van der Waals surface area contributed by atoms with Crippen LogP contribution in [0.25, 0.3) is 0 Å². The summed E-state index contributed by atoms with van der Waals surface area (Å²) >= 11 is 6.43. The summed E-state index contributed by atoms with van der Waals surface area (Å²) in [5.74, 6) is -0.283. The average molecular weight is 367 g/mol. The molecule has 1 N–H and O–H groups in total. The molecule has 0 aliphatic rings. The minimum absolute atomic E-state index is 0.214. The number of halogens is 3. The van der Waals surface area contributed by atoms with Crippen LogP contribution in [-0.2, 0) is 0 Å². The van der Waals surface area contributed by atoms with Crippen molar-refractivity contribution in [1.29, 1.82) is 0 Å². The van der Waals surface area contributed by atoms with E-state index in [2.05, 4.69) is 44.1 Å². The van der Waals surface area contributed by atoms with Gasteiger partial charge in [0.05, 0.1) is 10.0 Å². The van der Waals surface area contributed by atoms with Gasteiger partial charge in [-0.3, -0.25) is 4.79 Å². The second-order valence-electron chi connectivity index (χ2n) is 3.89. The van der Waals surface area contributed by atoms with Gasteiger partial charge in [0.1, 0.15) is 5.82 Å². The van der Waals surface area contributed by atoms with E-state index in [0.717, 1.165) is 11.8 Å². The molecular weight excluding hydrogens is 353 g/mol. The third-order valence-electron chi connectivity index (χ3n) is 2.41. The van der Waals surface area contributed by atoms with Crippen molar-refractivity contribution in [3.05, 3.63) is 34.1 Å². The zero-order valence-electron chi connectivity index (χ0n) is 9.47. The van der Waals surface area contributed by atoms with Crippen molar-refractivity contribution in [3.63, 3.8) is 0 Å². The van der Waals surface area contributed by atoms with Crippen LogP contribution in [0.4, 0.5) is 4.39 Å². The molecule has 0 fully saturated rings. The fraction of sp³-hybridized carbons (Fsp3) is 0.417. The highest BCUT2D eigenvalue weighted by Crippen LogP contribution is 2.20. The van der Waals surface area contributed by atoms with Crippen LogP contribution in [0.1, 0.15) is 23.7 Å². The Balaban J connectivity index is 2.61. The lowest BCUT2D eigenvalue weighted by Crippen LogP contribution is -2.28. The molecule has 1 aromatic carbocycles. The van der Waals surface area contributed by atoms with Gasteiger partial charge in [-0.25, -0.2) is 4.39 Å². The molecule has 1 aromatic rings. The van der Waals surface area contributed by atoms with Crippen LogP contribution in [0.2, 0.25) is 0 Å². The number of nitrogens with one attached hydrogen (secondary N) is 1. The van der Waals surface area contributed by atoms with E-state index in [4.69, 9.17) is 0 Å². The highest BCUT2D eigenvalue weighted by Gasteiger charge is 2.13. The maximum Gasteiger partial charge on any atom is 0.252 e. The first-order valence-corrected chi connectivity index (χ1v) is 7.26. The first kappa shape index (κ1) is 14.6. The molecule has 1 unspecified atom stereocenters. The van der Waals surface area contributed by atoms with Gasteiger partial charge in [0.15, 0.2) is 0 Å². The molecule has 1 rings (SSSR count). The molecule has 0 aromatic heterocycles. The number of rotatable bonds is 5. The van der Waals surface area contributed by atoms with Gasteiger partial charge in [0.2, 0.25) is 0 Å². The third-order valence-corrected chi connectivity index (χ3v) is 3.67. The standard InChI is InChI=1S/C12H14Br2FNO/c1-8(5-6-13)7-16-12(17)9-3-2-4-10(15)11(9)14/h2-4,8H,5-7H2,1H3,(H,16,17). The van der Waals surface area contributed by atoms with Crippen LogP contribution >= 0.6 is 31.9 Å². The van der Waals surface area contributed by atoms with Gasteiger partial charge in [0, 0.05) is 11.9 Å². The van der Waals surface area contributed by atoms with E-state index in [0.29, 0.717) is 18.0 Å². The number of benzene rings is 1. The fourth-order valence-corrected chi connectivity index (χ4v) is 2.56. The first-order chi connectivity index (χ1) is 8.06. The summed E-state index contributed by atoms with van der Waals surface area (Å²) < 4.78 is 13.4. The maximum atomic E-state index is 13.2. The lowest BCUT2D eigenvalue weighted by atomic mass is 10.1. The highest BCUT2D eigenvalue weighted by molar-refractivity contribution is 9.10. The maximum absolute atomic E-state index is 13.2. The zero-order valence-corrected chi connectivity index (χ0v) is 12.6. The summed E-state index contributed by atoms with van der Waals surface area (Å²) in [6.45, 7) is 2.65. The third kappa shape index (κ3) is 4.39. The second-order valence-corrected chi connectivity index (χ2v) is 5.48. The summed E-state index contributed by atoms with van der Waals surface area (Å²) in [4.78, 5) is 11.8.